The van der Waals surface area contributed by atoms with Crippen LogP contribution in [0.3, 0.4) is 0 Å². The molecule has 1 amide bonds. The molecule has 3 aromatic carbocycles. The van der Waals surface area contributed by atoms with Crippen LogP contribution in [-0.4, -0.2) is 18.5 Å². The topological polar surface area (TPSA) is 64.6 Å². The van der Waals surface area contributed by atoms with Crippen molar-refractivity contribution in [3.63, 3.8) is 0 Å². The fourth-order valence-corrected chi connectivity index (χ4v) is 3.10. The lowest BCUT2D eigenvalue weighted by Gasteiger charge is -2.07. The van der Waals surface area contributed by atoms with Gasteiger partial charge in [-0.2, -0.15) is 0 Å². The second-order valence-electron chi connectivity index (χ2n) is 6.33. The average Bonchev–Trinajstić information content (AvgIpc) is 3.20. The Hall–Kier alpha value is -3.57. The quantitative estimate of drug-likeness (QED) is 0.467. The number of halogens is 1. The van der Waals surface area contributed by atoms with Crippen molar-refractivity contribution in [1.29, 1.82) is 0 Å². The van der Waals surface area contributed by atoms with Gasteiger partial charge in [0, 0.05) is 11.3 Å². The van der Waals surface area contributed by atoms with Gasteiger partial charge in [-0.25, -0.2) is 0 Å². The van der Waals surface area contributed by atoms with Gasteiger partial charge in [-0.05, 0) is 54.1 Å². The normalized spacial score (nSPS) is 12.2. The van der Waals surface area contributed by atoms with Crippen molar-refractivity contribution in [2.45, 2.75) is 0 Å². The summed E-state index contributed by atoms with van der Waals surface area (Å²) >= 11 is 6.07. The molecule has 29 heavy (non-hydrogen) atoms. The lowest BCUT2D eigenvalue weighted by Crippen LogP contribution is -2.12. The highest BCUT2D eigenvalue weighted by Crippen LogP contribution is 2.32. The van der Waals surface area contributed by atoms with Crippen molar-refractivity contribution >= 4 is 35.1 Å². The summed E-state index contributed by atoms with van der Waals surface area (Å²) < 4.78 is 10.6. The minimum absolute atomic E-state index is 0.159. The predicted molar refractivity (Wildman–Crippen MR) is 112 cm³/mol. The first kappa shape index (κ1) is 18.8. The molecule has 144 valence electrons. The van der Waals surface area contributed by atoms with Crippen molar-refractivity contribution in [3.05, 3.63) is 94.5 Å². The van der Waals surface area contributed by atoms with E-state index in [4.69, 9.17) is 21.1 Å². The van der Waals surface area contributed by atoms with Gasteiger partial charge in [0.05, 0.1) is 10.6 Å². The Morgan fingerprint density at radius 2 is 1.76 bits per heavy atom. The average molecular weight is 406 g/mol. The smallest absolute Gasteiger partial charge is 0.257 e. The molecule has 5 nitrogen and oxygen atoms in total. The molecule has 0 atom stereocenters. The van der Waals surface area contributed by atoms with Crippen molar-refractivity contribution < 1.29 is 19.1 Å². The highest BCUT2D eigenvalue weighted by molar-refractivity contribution is 6.34. The van der Waals surface area contributed by atoms with Gasteiger partial charge in [-0.3, -0.25) is 9.59 Å². The molecule has 4 rings (SSSR count). The summed E-state index contributed by atoms with van der Waals surface area (Å²) in [4.78, 5) is 24.8. The molecule has 0 unspecified atom stereocenters. The van der Waals surface area contributed by atoms with E-state index in [-0.39, 0.29) is 18.5 Å². The predicted octanol–water partition coefficient (Wildman–Crippen LogP) is 5.22. The van der Waals surface area contributed by atoms with Crippen molar-refractivity contribution in [2.24, 2.45) is 0 Å². The van der Waals surface area contributed by atoms with Crippen LogP contribution in [0.1, 0.15) is 26.3 Å². The highest BCUT2D eigenvalue weighted by atomic mass is 35.5. The van der Waals surface area contributed by atoms with E-state index in [0.717, 1.165) is 5.56 Å². The number of benzene rings is 3. The molecule has 6 heteroatoms. The van der Waals surface area contributed by atoms with Gasteiger partial charge in [0.25, 0.3) is 5.91 Å². The maximum Gasteiger partial charge on any atom is 0.257 e. The summed E-state index contributed by atoms with van der Waals surface area (Å²) in [6, 6.07) is 19.1. The minimum atomic E-state index is -0.298. The standard InChI is InChI=1S/C23H16ClNO4/c24-19-7-2-1-6-18(19)23(27)25-17-5-3-4-15(12-17)8-10-20(26)16-9-11-21-22(13-16)29-14-28-21/h1-13H,14H2,(H,25,27)/b10-8+. The maximum absolute atomic E-state index is 12.4. The third-order valence-electron chi connectivity index (χ3n) is 4.35. The Labute approximate surface area is 172 Å². The zero-order valence-corrected chi connectivity index (χ0v) is 16.0. The lowest BCUT2D eigenvalue weighted by atomic mass is 10.1. The Kier molecular flexibility index (Phi) is 5.31. The first-order valence-electron chi connectivity index (χ1n) is 8.88. The monoisotopic (exact) mass is 405 g/mol. The van der Waals surface area contributed by atoms with Gasteiger partial charge >= 0.3 is 0 Å². The van der Waals surface area contributed by atoms with Gasteiger partial charge in [0.15, 0.2) is 17.3 Å². The number of hydrogen-bond acceptors (Lipinski definition) is 4. The van der Waals surface area contributed by atoms with Crippen molar-refractivity contribution in [1.82, 2.24) is 0 Å². The van der Waals surface area contributed by atoms with Crippen LogP contribution in [0.2, 0.25) is 5.02 Å². The molecule has 0 saturated carbocycles. The van der Waals surface area contributed by atoms with Crippen LogP contribution in [0.4, 0.5) is 5.69 Å². The summed E-state index contributed by atoms with van der Waals surface area (Å²) in [5, 5.41) is 3.20. The number of carbonyl (C=O) groups excluding carboxylic acids is 2. The van der Waals surface area contributed by atoms with E-state index in [9.17, 15) is 9.59 Å². The lowest BCUT2D eigenvalue weighted by molar-refractivity contribution is 0.102. The fourth-order valence-electron chi connectivity index (χ4n) is 2.88. The molecule has 0 saturated heterocycles. The number of carbonyl (C=O) groups is 2. The third kappa shape index (κ3) is 4.31. The number of ether oxygens (including phenoxy) is 2. The molecule has 0 bridgehead atoms. The molecule has 0 aliphatic carbocycles. The summed E-state index contributed by atoms with van der Waals surface area (Å²) in [7, 11) is 0. The summed E-state index contributed by atoms with van der Waals surface area (Å²) in [5.74, 6) is 0.739. The largest absolute Gasteiger partial charge is 0.454 e. The number of hydrogen-bond donors (Lipinski definition) is 1. The second kappa shape index (κ2) is 8.20. The summed E-state index contributed by atoms with van der Waals surface area (Å²) in [6.45, 7) is 0.162. The molecule has 0 aromatic heterocycles. The molecule has 1 heterocycles. The SMILES string of the molecule is O=C(/C=C/c1cccc(NC(=O)c2ccccc2Cl)c1)c1ccc2c(c1)OCO2. The molecule has 1 N–H and O–H groups in total. The van der Waals surface area contributed by atoms with Gasteiger partial charge in [-0.1, -0.05) is 41.9 Å². The van der Waals surface area contributed by atoms with E-state index in [1.807, 2.05) is 6.07 Å². The van der Waals surface area contributed by atoms with Crippen molar-refractivity contribution in [3.8, 4) is 11.5 Å². The first-order chi connectivity index (χ1) is 14.1. The zero-order chi connectivity index (χ0) is 20.2. The first-order valence-corrected chi connectivity index (χ1v) is 9.26. The molecular weight excluding hydrogens is 390 g/mol. The third-order valence-corrected chi connectivity index (χ3v) is 4.68. The van der Waals surface area contributed by atoms with Gasteiger partial charge in [0.1, 0.15) is 0 Å². The Morgan fingerprint density at radius 1 is 0.931 bits per heavy atom. The van der Waals surface area contributed by atoms with E-state index >= 15 is 0 Å². The number of rotatable bonds is 5. The molecule has 0 radical (unpaired) electrons. The van der Waals surface area contributed by atoms with Gasteiger partial charge in [-0.15, -0.1) is 0 Å². The van der Waals surface area contributed by atoms with Crippen molar-refractivity contribution in [2.75, 3.05) is 12.1 Å². The van der Waals surface area contributed by atoms with Gasteiger partial charge in [0.2, 0.25) is 6.79 Å². The molecule has 3 aromatic rings. The zero-order valence-electron chi connectivity index (χ0n) is 15.2. The summed E-state index contributed by atoms with van der Waals surface area (Å²) in [5.41, 5.74) is 2.28. The Balaban J connectivity index is 1.46. The number of ketones is 1. The van der Waals surface area contributed by atoms with Gasteiger partial charge < -0.3 is 14.8 Å². The number of nitrogens with one attached hydrogen (secondary N) is 1. The highest BCUT2D eigenvalue weighted by Gasteiger charge is 2.15. The molecular formula is C23H16ClNO4. The number of amides is 1. The molecule has 0 fully saturated rings. The van der Waals surface area contributed by atoms with E-state index in [2.05, 4.69) is 5.32 Å². The van der Waals surface area contributed by atoms with Crippen LogP contribution in [0.25, 0.3) is 6.08 Å². The molecule has 0 spiro atoms. The molecule has 1 aliphatic rings. The van der Waals surface area contributed by atoms with Crippen LogP contribution < -0.4 is 14.8 Å². The summed E-state index contributed by atoms with van der Waals surface area (Å²) in [6.07, 6.45) is 3.17. The van der Waals surface area contributed by atoms with E-state index in [0.29, 0.717) is 33.3 Å². The number of fused-ring (bicyclic) bond motifs is 1. The van der Waals surface area contributed by atoms with E-state index in [1.54, 1.807) is 66.7 Å². The van der Waals surface area contributed by atoms with Crippen LogP contribution in [0.5, 0.6) is 11.5 Å². The van der Waals surface area contributed by atoms with E-state index in [1.165, 1.54) is 6.08 Å². The number of allylic oxidation sites excluding steroid dienone is 1. The van der Waals surface area contributed by atoms with Crippen LogP contribution >= 0.6 is 11.6 Å². The minimum Gasteiger partial charge on any atom is -0.454 e. The Bertz CT molecular complexity index is 1120. The van der Waals surface area contributed by atoms with Crippen LogP contribution in [0, 0.1) is 0 Å². The molecule has 1 aliphatic heterocycles. The number of anilines is 1. The second-order valence-corrected chi connectivity index (χ2v) is 6.73. The Morgan fingerprint density at radius 3 is 2.62 bits per heavy atom. The fraction of sp³-hybridized carbons (Fsp3) is 0.0435. The van der Waals surface area contributed by atoms with E-state index < -0.39 is 0 Å². The van der Waals surface area contributed by atoms with Crippen LogP contribution in [0.15, 0.2) is 72.8 Å². The maximum atomic E-state index is 12.4. The van der Waals surface area contributed by atoms with Crippen LogP contribution in [-0.2, 0) is 0 Å².